The van der Waals surface area contributed by atoms with E-state index in [4.69, 9.17) is 0 Å². The highest BCUT2D eigenvalue weighted by Crippen LogP contribution is 2.40. The first-order valence-corrected chi connectivity index (χ1v) is 12.3. The molecular weight excluding hydrogens is 420 g/mol. The summed E-state index contributed by atoms with van der Waals surface area (Å²) in [5.41, 5.74) is 11.6. The first-order valence-electron chi connectivity index (χ1n) is 12.3. The monoisotopic (exact) mass is 448 g/mol. The molecule has 0 aliphatic heterocycles. The lowest BCUT2D eigenvalue weighted by molar-refractivity contribution is 1.44. The molecule has 0 bridgehead atoms. The molecule has 6 aromatic carbocycles. The van der Waals surface area contributed by atoms with E-state index in [0.29, 0.717) is 0 Å². The summed E-state index contributed by atoms with van der Waals surface area (Å²) in [6.07, 6.45) is 0. The van der Waals surface area contributed by atoms with Crippen molar-refractivity contribution in [3.63, 3.8) is 0 Å². The maximum absolute atomic E-state index is 2.34. The second-order valence-electron chi connectivity index (χ2n) is 9.57. The third-order valence-corrected chi connectivity index (χ3v) is 7.27. The van der Waals surface area contributed by atoms with Gasteiger partial charge in [0.25, 0.3) is 0 Å². The van der Waals surface area contributed by atoms with Gasteiger partial charge in [-0.3, -0.25) is 0 Å². The van der Waals surface area contributed by atoms with Gasteiger partial charge in [-0.05, 0) is 92.9 Å². The van der Waals surface area contributed by atoms with Crippen LogP contribution in [-0.2, 0) is 0 Å². The molecule has 0 aliphatic carbocycles. The van der Waals surface area contributed by atoms with Crippen molar-refractivity contribution in [1.82, 2.24) is 0 Å². The number of hydrogen-bond donors (Lipinski definition) is 0. The summed E-state index contributed by atoms with van der Waals surface area (Å²) in [4.78, 5) is 0. The van der Waals surface area contributed by atoms with E-state index >= 15 is 0 Å². The zero-order valence-corrected chi connectivity index (χ0v) is 20.5. The fraction of sp³-hybridized carbons (Fsp3) is 0.0857. The molecule has 168 valence electrons. The second-order valence-corrected chi connectivity index (χ2v) is 9.57. The van der Waals surface area contributed by atoms with Gasteiger partial charge in [0.05, 0.1) is 0 Å². The molecule has 0 saturated carbocycles. The van der Waals surface area contributed by atoms with E-state index < -0.39 is 0 Å². The number of fused-ring (bicyclic) bond motifs is 3. The van der Waals surface area contributed by atoms with Crippen LogP contribution in [0.4, 0.5) is 0 Å². The van der Waals surface area contributed by atoms with Gasteiger partial charge in [-0.15, -0.1) is 0 Å². The second kappa shape index (κ2) is 8.56. The molecule has 0 unspecified atom stereocenters. The van der Waals surface area contributed by atoms with Crippen LogP contribution >= 0.6 is 0 Å². The molecule has 0 spiro atoms. The fourth-order valence-corrected chi connectivity index (χ4v) is 5.41. The van der Waals surface area contributed by atoms with Crippen LogP contribution < -0.4 is 0 Å². The van der Waals surface area contributed by atoms with Crippen molar-refractivity contribution in [2.45, 2.75) is 20.8 Å². The Morgan fingerprint density at radius 2 is 0.943 bits per heavy atom. The van der Waals surface area contributed by atoms with Gasteiger partial charge in [0, 0.05) is 0 Å². The van der Waals surface area contributed by atoms with E-state index in [0.717, 1.165) is 0 Å². The van der Waals surface area contributed by atoms with Crippen LogP contribution in [0.5, 0.6) is 0 Å². The Bertz CT molecular complexity index is 1700. The lowest BCUT2D eigenvalue weighted by atomic mass is 9.86. The minimum Gasteiger partial charge on any atom is -0.0616 e. The van der Waals surface area contributed by atoms with Crippen molar-refractivity contribution in [2.75, 3.05) is 0 Å². The first kappa shape index (κ1) is 21.4. The van der Waals surface area contributed by atoms with Crippen molar-refractivity contribution in [2.24, 2.45) is 0 Å². The molecule has 6 rings (SSSR count). The molecule has 0 saturated heterocycles. The zero-order valence-electron chi connectivity index (χ0n) is 20.5. The molecule has 0 aromatic heterocycles. The van der Waals surface area contributed by atoms with Crippen molar-refractivity contribution in [3.8, 4) is 33.4 Å². The van der Waals surface area contributed by atoms with Gasteiger partial charge in [-0.25, -0.2) is 0 Å². The molecule has 6 aromatic rings. The molecule has 0 nitrogen and oxygen atoms in total. The molecule has 0 heteroatoms. The summed E-state index contributed by atoms with van der Waals surface area (Å²) in [6.45, 7) is 6.64. The van der Waals surface area contributed by atoms with E-state index in [1.165, 1.54) is 71.6 Å². The molecule has 0 fully saturated rings. The normalized spacial score (nSPS) is 11.3. The maximum atomic E-state index is 2.34. The van der Waals surface area contributed by atoms with Crippen LogP contribution in [0.25, 0.3) is 54.9 Å². The number of aryl methyl sites for hydroxylation is 3. The number of rotatable bonds is 3. The molecule has 0 amide bonds. The van der Waals surface area contributed by atoms with Gasteiger partial charge in [0.1, 0.15) is 0 Å². The Morgan fingerprint density at radius 3 is 1.63 bits per heavy atom. The summed E-state index contributed by atoms with van der Waals surface area (Å²) in [6, 6.07) is 42.2. The van der Waals surface area contributed by atoms with Crippen molar-refractivity contribution < 1.29 is 0 Å². The smallest absolute Gasteiger partial charge is 0.00670 e. The molecule has 0 heterocycles. The highest BCUT2D eigenvalue weighted by molar-refractivity contribution is 6.16. The van der Waals surface area contributed by atoms with E-state index in [2.05, 4.69) is 136 Å². The third-order valence-electron chi connectivity index (χ3n) is 7.27. The summed E-state index contributed by atoms with van der Waals surface area (Å²) in [5, 5.41) is 5.29. The molecule has 35 heavy (non-hydrogen) atoms. The van der Waals surface area contributed by atoms with Crippen LogP contribution in [0.1, 0.15) is 16.7 Å². The molecule has 0 radical (unpaired) electrons. The lowest BCUT2D eigenvalue weighted by Gasteiger charge is -2.18. The first-order chi connectivity index (χ1) is 17.1. The van der Waals surface area contributed by atoms with Crippen molar-refractivity contribution in [3.05, 3.63) is 132 Å². The topological polar surface area (TPSA) is 0 Å². The van der Waals surface area contributed by atoms with E-state index in [1.807, 2.05) is 0 Å². The fourth-order valence-electron chi connectivity index (χ4n) is 5.41. The quantitative estimate of drug-likeness (QED) is 0.236. The van der Waals surface area contributed by atoms with Gasteiger partial charge in [-0.2, -0.15) is 0 Å². The summed E-state index contributed by atoms with van der Waals surface area (Å²) in [7, 11) is 0. The lowest BCUT2D eigenvalue weighted by Crippen LogP contribution is -1.93. The Morgan fingerprint density at radius 1 is 0.400 bits per heavy atom. The van der Waals surface area contributed by atoms with E-state index in [-0.39, 0.29) is 0 Å². The SMILES string of the molecule is Cc1ccc(-c2cccc(-c3ccc(-c4c(C)c5ccccc5c5ccccc45)c(C)c3)c2)cc1. The third kappa shape index (κ3) is 3.72. The van der Waals surface area contributed by atoms with Crippen LogP contribution in [0.2, 0.25) is 0 Å². The number of hydrogen-bond acceptors (Lipinski definition) is 0. The number of benzene rings is 6. The Hall–Kier alpha value is -4.16. The minimum absolute atomic E-state index is 1.25. The molecule has 0 aliphatic rings. The minimum atomic E-state index is 1.25. The summed E-state index contributed by atoms with van der Waals surface area (Å²) in [5.74, 6) is 0. The highest BCUT2D eigenvalue weighted by Gasteiger charge is 2.15. The molecule has 0 atom stereocenters. The maximum Gasteiger partial charge on any atom is -0.00670 e. The predicted octanol–water partition coefficient (Wildman–Crippen LogP) is 9.92. The van der Waals surface area contributed by atoms with Gasteiger partial charge >= 0.3 is 0 Å². The summed E-state index contributed by atoms with van der Waals surface area (Å²) >= 11 is 0. The molecule has 0 N–H and O–H groups in total. The average molecular weight is 449 g/mol. The largest absolute Gasteiger partial charge is 0.0616 e. The van der Waals surface area contributed by atoms with Crippen molar-refractivity contribution >= 4 is 21.5 Å². The summed E-state index contributed by atoms with van der Waals surface area (Å²) < 4.78 is 0. The Labute approximate surface area is 207 Å². The molecular formula is C35H28. The Kier molecular flexibility index (Phi) is 5.23. The predicted molar refractivity (Wildman–Crippen MR) is 152 cm³/mol. The van der Waals surface area contributed by atoms with E-state index in [9.17, 15) is 0 Å². The zero-order chi connectivity index (χ0) is 23.9. The van der Waals surface area contributed by atoms with Gasteiger partial charge < -0.3 is 0 Å². The van der Waals surface area contributed by atoms with Crippen LogP contribution in [0.15, 0.2) is 115 Å². The van der Waals surface area contributed by atoms with Crippen LogP contribution in [0, 0.1) is 20.8 Å². The van der Waals surface area contributed by atoms with Gasteiger partial charge in [0.15, 0.2) is 0 Å². The standard InChI is InChI=1S/C35H28/c1-23-15-17-26(18-16-23)27-9-8-10-28(22-27)29-19-20-30(24(2)21-29)35-25(3)31-11-4-5-12-32(31)33-13-6-7-14-34(33)35/h4-22H,1-3H3. The van der Waals surface area contributed by atoms with E-state index in [1.54, 1.807) is 0 Å². The van der Waals surface area contributed by atoms with Crippen LogP contribution in [-0.4, -0.2) is 0 Å². The average Bonchev–Trinajstić information content (AvgIpc) is 2.90. The Balaban J connectivity index is 1.49. The van der Waals surface area contributed by atoms with Gasteiger partial charge in [-0.1, -0.05) is 115 Å². The van der Waals surface area contributed by atoms with Crippen LogP contribution in [0.3, 0.4) is 0 Å². The highest BCUT2D eigenvalue weighted by atomic mass is 14.2. The van der Waals surface area contributed by atoms with Crippen molar-refractivity contribution in [1.29, 1.82) is 0 Å². The van der Waals surface area contributed by atoms with Gasteiger partial charge in [0.2, 0.25) is 0 Å².